The molecule has 0 radical (unpaired) electrons. The van der Waals surface area contributed by atoms with E-state index in [4.69, 9.17) is 4.74 Å². The van der Waals surface area contributed by atoms with Crippen molar-refractivity contribution in [3.05, 3.63) is 35.9 Å². The highest BCUT2D eigenvalue weighted by molar-refractivity contribution is 5.79. The van der Waals surface area contributed by atoms with Crippen LogP contribution in [0.5, 0.6) is 0 Å². The second kappa shape index (κ2) is 11.1. The third-order valence-corrected chi connectivity index (χ3v) is 4.52. The largest absolute Gasteiger partial charge is 0.379 e. The number of ether oxygens (including phenoxy) is 1. The maximum atomic E-state index is 5.56. The third kappa shape index (κ3) is 7.45. The van der Waals surface area contributed by atoms with E-state index < -0.39 is 0 Å². The molecule has 1 fully saturated rings. The summed E-state index contributed by atoms with van der Waals surface area (Å²) in [7, 11) is 1.83. The van der Waals surface area contributed by atoms with Gasteiger partial charge in [0, 0.05) is 39.3 Å². The fraction of sp³-hybridized carbons (Fsp3) is 0.650. The van der Waals surface area contributed by atoms with Crippen molar-refractivity contribution in [1.82, 2.24) is 15.5 Å². The van der Waals surface area contributed by atoms with Gasteiger partial charge in [0.25, 0.3) is 0 Å². The maximum Gasteiger partial charge on any atom is 0.191 e. The quantitative estimate of drug-likeness (QED) is 0.410. The van der Waals surface area contributed by atoms with Crippen molar-refractivity contribution in [2.24, 2.45) is 4.99 Å². The van der Waals surface area contributed by atoms with Crippen LogP contribution < -0.4 is 10.6 Å². The molecule has 0 amide bonds. The average molecular weight is 347 g/mol. The lowest BCUT2D eigenvalue weighted by atomic mass is 10.2. The summed E-state index contributed by atoms with van der Waals surface area (Å²) in [5, 5.41) is 6.86. The Bertz CT molecular complexity index is 504. The molecular weight excluding hydrogens is 312 g/mol. The van der Waals surface area contributed by atoms with E-state index in [2.05, 4.69) is 64.7 Å². The van der Waals surface area contributed by atoms with E-state index in [9.17, 15) is 0 Å². The molecule has 1 atom stereocenters. The molecule has 0 bridgehead atoms. The van der Waals surface area contributed by atoms with Crippen molar-refractivity contribution in [1.29, 1.82) is 0 Å². The number of hydrogen-bond acceptors (Lipinski definition) is 3. The average Bonchev–Trinajstić information content (AvgIpc) is 3.05. The highest BCUT2D eigenvalue weighted by atomic mass is 16.5. The number of nitrogens with one attached hydrogen (secondary N) is 2. The van der Waals surface area contributed by atoms with Gasteiger partial charge in [-0.05, 0) is 45.2 Å². The molecule has 1 saturated heterocycles. The predicted molar refractivity (Wildman–Crippen MR) is 105 cm³/mol. The van der Waals surface area contributed by atoms with Crippen LogP contribution in [-0.4, -0.2) is 56.3 Å². The summed E-state index contributed by atoms with van der Waals surface area (Å²) in [5.41, 5.74) is 1.39. The first-order valence-corrected chi connectivity index (χ1v) is 9.53. The molecule has 1 heterocycles. The first-order chi connectivity index (χ1) is 12.2. The van der Waals surface area contributed by atoms with E-state index in [1.807, 2.05) is 7.05 Å². The Morgan fingerprint density at radius 3 is 2.80 bits per heavy atom. The molecule has 5 heteroatoms. The van der Waals surface area contributed by atoms with Crippen LogP contribution in [0.3, 0.4) is 0 Å². The molecule has 140 valence electrons. The predicted octanol–water partition coefficient (Wildman–Crippen LogP) is 2.63. The highest BCUT2D eigenvalue weighted by Crippen LogP contribution is 2.19. The van der Waals surface area contributed by atoms with Gasteiger partial charge in [-0.3, -0.25) is 9.89 Å². The van der Waals surface area contributed by atoms with Crippen LogP contribution in [0.25, 0.3) is 0 Å². The van der Waals surface area contributed by atoms with Gasteiger partial charge in [0.15, 0.2) is 5.96 Å². The van der Waals surface area contributed by atoms with E-state index in [0.29, 0.717) is 12.1 Å². The Hall–Kier alpha value is -1.59. The molecule has 2 rings (SSSR count). The lowest BCUT2D eigenvalue weighted by Crippen LogP contribution is -2.45. The number of aliphatic imine (C=N–C) groups is 1. The summed E-state index contributed by atoms with van der Waals surface area (Å²) < 4.78 is 5.56. The monoisotopic (exact) mass is 346 g/mol. The maximum absolute atomic E-state index is 5.56. The normalized spacial score (nSPS) is 18.7. The summed E-state index contributed by atoms with van der Waals surface area (Å²) in [6, 6.07) is 11.3. The van der Waals surface area contributed by atoms with Gasteiger partial charge < -0.3 is 15.4 Å². The van der Waals surface area contributed by atoms with E-state index in [1.54, 1.807) is 0 Å². The van der Waals surface area contributed by atoms with Crippen LogP contribution in [-0.2, 0) is 11.3 Å². The summed E-state index contributed by atoms with van der Waals surface area (Å²) in [6.45, 7) is 8.95. The van der Waals surface area contributed by atoms with Crippen molar-refractivity contribution >= 4 is 5.96 Å². The lowest BCUT2D eigenvalue weighted by molar-refractivity contribution is 0.0776. The number of guanidine groups is 1. The standard InChI is InChI=1S/C20H34N4O/c1-17(2)25-14-8-12-22-20(21-3)23-15-19-11-7-13-24(19)16-18-9-5-4-6-10-18/h4-6,9-10,17,19H,7-8,11-16H2,1-3H3,(H2,21,22,23). The van der Waals surface area contributed by atoms with Gasteiger partial charge in [-0.2, -0.15) is 0 Å². The minimum absolute atomic E-state index is 0.301. The van der Waals surface area contributed by atoms with Crippen molar-refractivity contribution in [3.8, 4) is 0 Å². The number of nitrogens with zero attached hydrogens (tertiary/aromatic N) is 2. The molecule has 1 aliphatic rings. The Morgan fingerprint density at radius 1 is 1.28 bits per heavy atom. The molecule has 0 saturated carbocycles. The fourth-order valence-corrected chi connectivity index (χ4v) is 3.19. The van der Waals surface area contributed by atoms with Crippen molar-refractivity contribution in [3.63, 3.8) is 0 Å². The van der Waals surface area contributed by atoms with E-state index in [0.717, 1.165) is 38.6 Å². The molecule has 1 aliphatic heterocycles. The van der Waals surface area contributed by atoms with Crippen LogP contribution in [0.1, 0.15) is 38.7 Å². The molecule has 1 unspecified atom stereocenters. The van der Waals surface area contributed by atoms with E-state index >= 15 is 0 Å². The van der Waals surface area contributed by atoms with Crippen LogP contribution in [0.4, 0.5) is 0 Å². The minimum atomic E-state index is 0.301. The Labute approximate surface area is 152 Å². The topological polar surface area (TPSA) is 48.9 Å². The smallest absolute Gasteiger partial charge is 0.191 e. The van der Waals surface area contributed by atoms with Crippen LogP contribution in [0.2, 0.25) is 0 Å². The molecule has 5 nitrogen and oxygen atoms in total. The SMILES string of the molecule is CN=C(NCCCOC(C)C)NCC1CCCN1Cc1ccccc1. The minimum Gasteiger partial charge on any atom is -0.379 e. The van der Waals surface area contributed by atoms with E-state index in [-0.39, 0.29) is 0 Å². The Morgan fingerprint density at radius 2 is 2.08 bits per heavy atom. The molecular formula is C20H34N4O. The number of benzene rings is 1. The first-order valence-electron chi connectivity index (χ1n) is 9.53. The Balaban J connectivity index is 1.69. The van der Waals surface area contributed by atoms with Gasteiger partial charge in [-0.1, -0.05) is 30.3 Å². The second-order valence-corrected chi connectivity index (χ2v) is 6.91. The van der Waals surface area contributed by atoms with Crippen molar-refractivity contribution in [2.45, 2.75) is 51.8 Å². The summed E-state index contributed by atoms with van der Waals surface area (Å²) in [6.07, 6.45) is 3.81. The van der Waals surface area contributed by atoms with Crippen LogP contribution in [0.15, 0.2) is 35.3 Å². The number of likely N-dealkylation sites (tertiary alicyclic amines) is 1. The zero-order valence-corrected chi connectivity index (χ0v) is 16.0. The zero-order chi connectivity index (χ0) is 17.9. The molecule has 0 spiro atoms. The second-order valence-electron chi connectivity index (χ2n) is 6.91. The summed E-state index contributed by atoms with van der Waals surface area (Å²) in [4.78, 5) is 6.90. The summed E-state index contributed by atoms with van der Waals surface area (Å²) in [5.74, 6) is 0.885. The number of rotatable bonds is 9. The fourth-order valence-electron chi connectivity index (χ4n) is 3.19. The van der Waals surface area contributed by atoms with Crippen molar-refractivity contribution < 1.29 is 4.74 Å². The zero-order valence-electron chi connectivity index (χ0n) is 16.0. The van der Waals surface area contributed by atoms with Gasteiger partial charge in [0.1, 0.15) is 0 Å². The van der Waals surface area contributed by atoms with Crippen molar-refractivity contribution in [2.75, 3.05) is 33.3 Å². The molecule has 0 aromatic heterocycles. The van der Waals surface area contributed by atoms with Gasteiger partial charge in [0.2, 0.25) is 0 Å². The van der Waals surface area contributed by atoms with Gasteiger partial charge >= 0.3 is 0 Å². The molecule has 1 aromatic rings. The highest BCUT2D eigenvalue weighted by Gasteiger charge is 2.24. The van der Waals surface area contributed by atoms with Gasteiger partial charge in [-0.25, -0.2) is 0 Å². The van der Waals surface area contributed by atoms with Crippen LogP contribution in [0, 0.1) is 0 Å². The number of hydrogen-bond donors (Lipinski definition) is 2. The molecule has 2 N–H and O–H groups in total. The lowest BCUT2D eigenvalue weighted by Gasteiger charge is -2.25. The van der Waals surface area contributed by atoms with E-state index in [1.165, 1.54) is 24.9 Å². The Kier molecular flexibility index (Phi) is 8.77. The van der Waals surface area contributed by atoms with Gasteiger partial charge in [-0.15, -0.1) is 0 Å². The molecule has 0 aliphatic carbocycles. The first kappa shape index (κ1) is 19.7. The van der Waals surface area contributed by atoms with Gasteiger partial charge in [0.05, 0.1) is 6.10 Å². The van der Waals surface area contributed by atoms with Crippen LogP contribution >= 0.6 is 0 Å². The third-order valence-electron chi connectivity index (χ3n) is 4.52. The molecule has 1 aromatic carbocycles. The molecule has 25 heavy (non-hydrogen) atoms. The summed E-state index contributed by atoms with van der Waals surface area (Å²) >= 11 is 0.